The van der Waals surface area contributed by atoms with Crippen molar-refractivity contribution in [2.75, 3.05) is 31.7 Å². The third kappa shape index (κ3) is 7.22. The number of ketones is 1. The first-order valence-electron chi connectivity index (χ1n) is 11.2. The Balaban J connectivity index is 2.42. The average Bonchev–Trinajstić information content (AvgIpc) is 2.81. The first-order chi connectivity index (χ1) is 16.8. The van der Waals surface area contributed by atoms with Gasteiger partial charge >= 0.3 is 0 Å². The number of rotatable bonds is 13. The summed E-state index contributed by atoms with van der Waals surface area (Å²) in [6, 6.07) is 4.94. The first kappa shape index (κ1) is 28.2. The number of amides is 1. The molecular weight excluding hydrogens is 497 g/mol. The van der Waals surface area contributed by atoms with Gasteiger partial charge in [0.05, 0.1) is 37.1 Å². The largest absolute Gasteiger partial charge is 0.492 e. The molecule has 0 aromatic heterocycles. The molecule has 0 aliphatic rings. The summed E-state index contributed by atoms with van der Waals surface area (Å²) in [6.07, 6.45) is 0. The number of benzene rings is 2. The number of hydrogen-bond donors (Lipinski definition) is 1. The highest BCUT2D eigenvalue weighted by Crippen LogP contribution is 2.43. The third-order valence-corrected chi connectivity index (χ3v) is 5.11. The van der Waals surface area contributed by atoms with Crippen LogP contribution in [-0.2, 0) is 9.59 Å². The Morgan fingerprint density at radius 3 is 2.03 bits per heavy atom. The lowest BCUT2D eigenvalue weighted by atomic mass is 10.2. The van der Waals surface area contributed by atoms with E-state index in [-0.39, 0.29) is 27.9 Å². The van der Waals surface area contributed by atoms with Crippen LogP contribution >= 0.6 is 23.2 Å². The molecule has 9 nitrogen and oxygen atoms in total. The van der Waals surface area contributed by atoms with Gasteiger partial charge in [0.15, 0.2) is 28.7 Å². The van der Waals surface area contributed by atoms with E-state index in [1.165, 1.54) is 6.92 Å². The second-order valence-corrected chi connectivity index (χ2v) is 7.71. The van der Waals surface area contributed by atoms with Crippen LogP contribution in [0.15, 0.2) is 34.5 Å². The summed E-state index contributed by atoms with van der Waals surface area (Å²) in [5, 5.41) is 11.3. The normalized spacial score (nSPS) is 11.7. The molecule has 190 valence electrons. The van der Waals surface area contributed by atoms with Crippen molar-refractivity contribution >= 4 is 46.3 Å². The number of nitrogens with zero attached hydrogens (tertiary/aromatic N) is 2. The van der Waals surface area contributed by atoms with Gasteiger partial charge in [0.1, 0.15) is 10.8 Å². The second-order valence-electron chi connectivity index (χ2n) is 6.93. The number of ether oxygens (including phenoxy) is 4. The minimum Gasteiger partial charge on any atom is -0.492 e. The van der Waals surface area contributed by atoms with Crippen molar-refractivity contribution in [2.45, 2.75) is 40.7 Å². The van der Waals surface area contributed by atoms with E-state index in [1.807, 2.05) is 6.92 Å². The molecule has 1 amide bonds. The van der Waals surface area contributed by atoms with E-state index in [1.54, 1.807) is 45.0 Å². The molecule has 1 unspecified atom stereocenters. The van der Waals surface area contributed by atoms with Crippen LogP contribution in [0.2, 0.25) is 10.0 Å². The number of carbonyl (C=O) groups is 2. The predicted octanol–water partition coefficient (Wildman–Crippen LogP) is 6.27. The summed E-state index contributed by atoms with van der Waals surface area (Å²) in [7, 11) is 0. The maximum atomic E-state index is 13.0. The van der Waals surface area contributed by atoms with Gasteiger partial charge in [-0.1, -0.05) is 23.2 Å². The van der Waals surface area contributed by atoms with E-state index in [4.69, 9.17) is 42.1 Å². The van der Waals surface area contributed by atoms with Crippen molar-refractivity contribution in [1.29, 1.82) is 0 Å². The van der Waals surface area contributed by atoms with Gasteiger partial charge in [0, 0.05) is 0 Å². The van der Waals surface area contributed by atoms with Crippen LogP contribution in [0.3, 0.4) is 0 Å². The molecule has 0 aliphatic carbocycles. The van der Waals surface area contributed by atoms with Crippen LogP contribution in [-0.4, -0.2) is 44.2 Å². The first-order valence-corrected chi connectivity index (χ1v) is 11.9. The lowest BCUT2D eigenvalue weighted by Crippen LogP contribution is -2.32. The van der Waals surface area contributed by atoms with Crippen LogP contribution in [0.25, 0.3) is 0 Å². The van der Waals surface area contributed by atoms with Gasteiger partial charge in [-0.05, 0) is 58.9 Å². The molecule has 2 aromatic rings. The van der Waals surface area contributed by atoms with Crippen molar-refractivity contribution in [3.63, 3.8) is 0 Å². The molecule has 11 heteroatoms. The molecule has 2 rings (SSSR count). The van der Waals surface area contributed by atoms with Crippen LogP contribution in [0.1, 0.15) is 34.6 Å². The molecular formula is C24H29Cl2N3O6. The van der Waals surface area contributed by atoms with E-state index in [2.05, 4.69) is 15.5 Å². The molecule has 0 saturated carbocycles. The quantitative estimate of drug-likeness (QED) is 0.244. The number of carbonyl (C=O) groups excluding carboxylic acids is 2. The monoisotopic (exact) mass is 525 g/mol. The average molecular weight is 526 g/mol. The Hall–Kier alpha value is -3.04. The standard InChI is InChI=1S/C24H29Cl2N3O6/c1-6-32-17-13-11-16(23(19(17)26)35-9-4)27-24(31)20(14(5)30)28-29-21-18(33-7-2)12-10-15(25)22(21)34-8-3/h10-13,20H,6-9H2,1-5H3,(H,27,31). The smallest absolute Gasteiger partial charge is 0.258 e. The van der Waals surface area contributed by atoms with Gasteiger partial charge in [0.25, 0.3) is 5.91 Å². The SMILES string of the molecule is CCOc1ccc(NC(=O)C(N=Nc2c(OCC)ccc(Cl)c2OCC)C(C)=O)c(OCC)c1Cl. The zero-order valence-electron chi connectivity index (χ0n) is 20.3. The van der Waals surface area contributed by atoms with Crippen LogP contribution in [0.4, 0.5) is 11.4 Å². The zero-order chi connectivity index (χ0) is 26.0. The Bertz CT molecular complexity index is 1080. The number of hydrogen-bond acceptors (Lipinski definition) is 8. The number of halogens is 2. The summed E-state index contributed by atoms with van der Waals surface area (Å²) in [4.78, 5) is 25.4. The lowest BCUT2D eigenvalue weighted by Gasteiger charge is -2.17. The molecule has 0 fully saturated rings. The van der Waals surface area contributed by atoms with Gasteiger partial charge < -0.3 is 24.3 Å². The highest BCUT2D eigenvalue weighted by molar-refractivity contribution is 6.34. The lowest BCUT2D eigenvalue weighted by molar-refractivity contribution is -0.126. The van der Waals surface area contributed by atoms with Crippen molar-refractivity contribution in [3.05, 3.63) is 34.3 Å². The topological polar surface area (TPSA) is 108 Å². The Morgan fingerprint density at radius 2 is 1.43 bits per heavy atom. The van der Waals surface area contributed by atoms with Crippen molar-refractivity contribution in [1.82, 2.24) is 0 Å². The predicted molar refractivity (Wildman–Crippen MR) is 135 cm³/mol. The van der Waals surface area contributed by atoms with Gasteiger partial charge in [-0.2, -0.15) is 5.11 Å². The van der Waals surface area contributed by atoms with Crippen LogP contribution in [0, 0.1) is 0 Å². The highest BCUT2D eigenvalue weighted by atomic mass is 35.5. The van der Waals surface area contributed by atoms with E-state index in [0.717, 1.165) is 0 Å². The summed E-state index contributed by atoms with van der Waals surface area (Å²) in [5.74, 6) is -0.0297. The molecule has 0 aliphatic heterocycles. The van der Waals surface area contributed by atoms with Crippen LogP contribution in [0.5, 0.6) is 23.0 Å². The molecule has 0 radical (unpaired) electrons. The van der Waals surface area contributed by atoms with Gasteiger partial charge in [-0.25, -0.2) is 0 Å². The molecule has 35 heavy (non-hydrogen) atoms. The molecule has 0 spiro atoms. The van der Waals surface area contributed by atoms with Gasteiger partial charge in [0.2, 0.25) is 6.04 Å². The maximum absolute atomic E-state index is 13.0. The molecule has 0 heterocycles. The fraction of sp³-hybridized carbons (Fsp3) is 0.417. The Kier molecular flexibility index (Phi) is 11.1. The Labute approximate surface area is 214 Å². The highest BCUT2D eigenvalue weighted by Gasteiger charge is 2.26. The number of azo groups is 1. The van der Waals surface area contributed by atoms with Gasteiger partial charge in [-0.3, -0.25) is 9.59 Å². The number of anilines is 1. The minimum atomic E-state index is -1.46. The fourth-order valence-electron chi connectivity index (χ4n) is 3.00. The van der Waals surface area contributed by atoms with Crippen molar-refractivity contribution in [3.8, 4) is 23.0 Å². The third-order valence-electron chi connectivity index (χ3n) is 4.45. The summed E-state index contributed by atoms with van der Waals surface area (Å²) >= 11 is 12.7. The van der Waals surface area contributed by atoms with E-state index in [0.29, 0.717) is 42.9 Å². The zero-order valence-corrected chi connectivity index (χ0v) is 21.8. The summed E-state index contributed by atoms with van der Waals surface area (Å²) < 4.78 is 22.3. The maximum Gasteiger partial charge on any atom is 0.258 e. The van der Waals surface area contributed by atoms with E-state index in [9.17, 15) is 9.59 Å². The van der Waals surface area contributed by atoms with Crippen molar-refractivity contribution < 1.29 is 28.5 Å². The van der Waals surface area contributed by atoms with E-state index >= 15 is 0 Å². The molecule has 0 saturated heterocycles. The minimum absolute atomic E-state index is 0.180. The van der Waals surface area contributed by atoms with Gasteiger partial charge in [-0.15, -0.1) is 5.11 Å². The molecule has 0 bridgehead atoms. The summed E-state index contributed by atoms with van der Waals surface area (Å²) in [6.45, 7) is 9.79. The molecule has 1 atom stereocenters. The van der Waals surface area contributed by atoms with Crippen molar-refractivity contribution in [2.24, 2.45) is 10.2 Å². The molecule has 1 N–H and O–H groups in total. The Morgan fingerprint density at radius 1 is 0.857 bits per heavy atom. The number of nitrogens with one attached hydrogen (secondary N) is 1. The molecule has 2 aromatic carbocycles. The summed E-state index contributed by atoms with van der Waals surface area (Å²) in [5.41, 5.74) is 0.443. The van der Waals surface area contributed by atoms with E-state index < -0.39 is 17.7 Å². The van der Waals surface area contributed by atoms with Crippen LogP contribution < -0.4 is 24.3 Å². The fourth-order valence-corrected chi connectivity index (χ4v) is 3.48. The second kappa shape index (κ2) is 13.7. The number of Topliss-reactive ketones (excluding diaryl/α,β-unsaturated/α-hetero) is 1.